The van der Waals surface area contributed by atoms with E-state index >= 15 is 0 Å². The first-order valence-electron chi connectivity index (χ1n) is 4.02. The Morgan fingerprint density at radius 2 is 2.00 bits per heavy atom. The molecule has 0 radical (unpaired) electrons. The van der Waals surface area contributed by atoms with Crippen molar-refractivity contribution in [2.75, 3.05) is 19.8 Å². The molecule has 0 rings (SSSR count). The Bertz CT molecular complexity index is 322. The Kier molecular flexibility index (Phi) is 5.92. The van der Waals surface area contributed by atoms with Gasteiger partial charge in [-0.2, -0.15) is 0 Å². The molecule has 4 N–H and O–H groups in total. The van der Waals surface area contributed by atoms with Crippen LogP contribution in [-0.2, 0) is 13.4 Å². The molecule has 0 bridgehead atoms. The van der Waals surface area contributed by atoms with Crippen molar-refractivity contribution in [2.24, 2.45) is 0 Å². The van der Waals surface area contributed by atoms with Crippen LogP contribution in [0.2, 0.25) is 0 Å². The predicted octanol–water partition coefficient (Wildman–Crippen LogP) is 0.447. The van der Waals surface area contributed by atoms with Gasteiger partial charge in [0.25, 0.3) is 0 Å². The van der Waals surface area contributed by atoms with Crippen LogP contribution in [0.4, 0.5) is 0 Å². The quantitative estimate of drug-likeness (QED) is 0.404. The lowest BCUT2D eigenvalue weighted by atomic mass is 10.3. The lowest BCUT2D eigenvalue weighted by Crippen LogP contribution is -2.11. The molecule has 2 atom stereocenters. The van der Waals surface area contributed by atoms with Crippen LogP contribution < -0.4 is 5.09 Å². The van der Waals surface area contributed by atoms with Crippen LogP contribution in [0.1, 0.15) is 6.92 Å². The van der Waals surface area contributed by atoms with Crippen molar-refractivity contribution >= 4 is 15.3 Å². The molecule has 0 heterocycles. The van der Waals surface area contributed by atoms with E-state index in [2.05, 4.69) is 4.31 Å². The fourth-order valence-corrected chi connectivity index (χ4v) is 2.83. The number of hydrogen-bond donors (Lipinski definition) is 4. The maximum atomic E-state index is 11.1. The first-order chi connectivity index (χ1) is 6.66. The van der Waals surface area contributed by atoms with Gasteiger partial charge >= 0.3 is 15.3 Å². The second kappa shape index (κ2) is 5.92. The van der Waals surface area contributed by atoms with Gasteiger partial charge < -0.3 is 14.9 Å². The lowest BCUT2D eigenvalue weighted by Gasteiger charge is -2.13. The summed E-state index contributed by atoms with van der Waals surface area (Å²) in [5.74, 6) is 0. The maximum Gasteiger partial charge on any atom is 0.410 e. The van der Waals surface area contributed by atoms with Gasteiger partial charge in [0.05, 0.1) is 6.61 Å². The number of nitrogens with one attached hydrogen (secondary N) is 1. The first-order valence-corrected chi connectivity index (χ1v) is 7.62. The largest absolute Gasteiger partial charge is 0.410 e. The molecular weight excluding hydrogens is 244 g/mol. The van der Waals surface area contributed by atoms with E-state index in [0.29, 0.717) is 5.57 Å². The molecule has 7 nitrogen and oxygen atoms in total. The van der Waals surface area contributed by atoms with Gasteiger partial charge in [0.1, 0.15) is 0 Å². The van der Waals surface area contributed by atoms with Crippen molar-refractivity contribution in [2.45, 2.75) is 6.92 Å². The van der Waals surface area contributed by atoms with Crippen molar-refractivity contribution in [1.82, 2.24) is 5.09 Å². The molecule has 9 heteroatoms. The summed E-state index contributed by atoms with van der Waals surface area (Å²) < 4.78 is 25.8. The molecule has 0 fully saturated rings. The van der Waals surface area contributed by atoms with Crippen molar-refractivity contribution < 1.29 is 28.3 Å². The first kappa shape index (κ1) is 15.0. The summed E-state index contributed by atoms with van der Waals surface area (Å²) in [6.45, 7) is 2.23. The third-order valence-corrected chi connectivity index (χ3v) is 3.93. The highest BCUT2D eigenvalue weighted by molar-refractivity contribution is 7.64. The van der Waals surface area contributed by atoms with Crippen molar-refractivity contribution in [1.29, 1.82) is 0 Å². The van der Waals surface area contributed by atoms with Crippen LogP contribution >= 0.6 is 15.3 Å². The zero-order valence-corrected chi connectivity index (χ0v) is 10.2. The molecule has 0 aliphatic rings. The molecule has 0 spiro atoms. The Morgan fingerprint density at radius 3 is 2.40 bits per heavy atom. The second-order valence-electron chi connectivity index (χ2n) is 2.98. The maximum absolute atomic E-state index is 11.1. The Balaban J connectivity index is 4.18. The minimum Gasteiger partial charge on any atom is -0.392 e. The lowest BCUT2D eigenvalue weighted by molar-refractivity contribution is 0.326. The average Bonchev–Trinajstić information content (AvgIpc) is 1.98. The third-order valence-electron chi connectivity index (χ3n) is 1.25. The highest BCUT2D eigenvalue weighted by Crippen LogP contribution is 2.54. The van der Waals surface area contributed by atoms with Gasteiger partial charge in [-0.05, 0) is 6.92 Å². The summed E-state index contributed by atoms with van der Waals surface area (Å²) in [6.07, 6.45) is 1.46. The minimum atomic E-state index is -4.27. The molecule has 0 saturated heterocycles. The SMILES string of the molecule is C/C(=C\CNP(=O)(O)OP(C)(=O)O)CO. The molecule has 0 aliphatic carbocycles. The topological polar surface area (TPSA) is 116 Å². The van der Waals surface area contributed by atoms with Crippen LogP contribution in [-0.4, -0.2) is 34.7 Å². The van der Waals surface area contributed by atoms with Gasteiger partial charge in [0.15, 0.2) is 0 Å². The molecule has 90 valence electrons. The van der Waals surface area contributed by atoms with E-state index in [-0.39, 0.29) is 13.2 Å². The summed E-state index contributed by atoms with van der Waals surface area (Å²) in [5.41, 5.74) is 0.603. The molecule has 0 aromatic rings. The van der Waals surface area contributed by atoms with Crippen LogP contribution in [0.5, 0.6) is 0 Å². The van der Waals surface area contributed by atoms with E-state index in [4.69, 9.17) is 14.9 Å². The van der Waals surface area contributed by atoms with E-state index in [1.807, 2.05) is 5.09 Å². The fourth-order valence-electron chi connectivity index (χ4n) is 0.634. The summed E-state index contributed by atoms with van der Waals surface area (Å²) in [7, 11) is -8.27. The van der Waals surface area contributed by atoms with Crippen molar-refractivity contribution in [3.8, 4) is 0 Å². The molecular formula is C6H15NO6P2. The Labute approximate surface area is 87.9 Å². The van der Waals surface area contributed by atoms with E-state index in [0.717, 1.165) is 6.66 Å². The zero-order valence-electron chi connectivity index (χ0n) is 8.45. The average molecular weight is 259 g/mol. The van der Waals surface area contributed by atoms with Crippen molar-refractivity contribution in [3.63, 3.8) is 0 Å². The molecule has 15 heavy (non-hydrogen) atoms. The molecule has 2 unspecified atom stereocenters. The predicted molar refractivity (Wildman–Crippen MR) is 55.5 cm³/mol. The normalized spacial score (nSPS) is 20.7. The smallest absolute Gasteiger partial charge is 0.392 e. The van der Waals surface area contributed by atoms with Gasteiger partial charge in [-0.25, -0.2) is 14.0 Å². The number of hydrogen-bond acceptors (Lipinski definition) is 4. The van der Waals surface area contributed by atoms with Crippen LogP contribution in [0.15, 0.2) is 11.6 Å². The standard InChI is InChI=1S/C6H15NO6P2/c1-6(5-8)3-4-7-15(11,12)13-14(2,9)10/h3,8H,4-5H2,1-2H3,(H,9,10)(H2,7,11,12)/b6-3+. The van der Waals surface area contributed by atoms with Gasteiger partial charge in [-0.15, -0.1) is 0 Å². The molecule has 0 aliphatic heterocycles. The monoisotopic (exact) mass is 259 g/mol. The van der Waals surface area contributed by atoms with Gasteiger partial charge in [-0.3, -0.25) is 4.57 Å². The molecule has 0 amide bonds. The molecule has 0 aromatic carbocycles. The zero-order chi connectivity index (χ0) is 12.1. The summed E-state index contributed by atoms with van der Waals surface area (Å²) >= 11 is 0. The Morgan fingerprint density at radius 1 is 1.47 bits per heavy atom. The summed E-state index contributed by atoms with van der Waals surface area (Å²) in [5, 5.41) is 10.7. The van der Waals surface area contributed by atoms with Crippen molar-refractivity contribution in [3.05, 3.63) is 11.6 Å². The number of aliphatic hydroxyl groups is 1. The van der Waals surface area contributed by atoms with Crippen LogP contribution in [0.25, 0.3) is 0 Å². The van der Waals surface area contributed by atoms with E-state index in [1.165, 1.54) is 6.08 Å². The highest BCUT2D eigenvalue weighted by atomic mass is 31.3. The van der Waals surface area contributed by atoms with Crippen LogP contribution in [0, 0.1) is 0 Å². The van der Waals surface area contributed by atoms with Crippen LogP contribution in [0.3, 0.4) is 0 Å². The minimum absolute atomic E-state index is 0.0415. The number of aliphatic hydroxyl groups excluding tert-OH is 1. The summed E-state index contributed by atoms with van der Waals surface area (Å²) in [6, 6.07) is 0. The van der Waals surface area contributed by atoms with Gasteiger partial charge in [0, 0.05) is 13.2 Å². The Hall–Kier alpha value is -0.0000000000000000416. The van der Waals surface area contributed by atoms with Gasteiger partial charge in [-0.1, -0.05) is 11.6 Å². The highest BCUT2D eigenvalue weighted by Gasteiger charge is 2.27. The third kappa shape index (κ3) is 8.96. The van der Waals surface area contributed by atoms with Gasteiger partial charge in [0.2, 0.25) is 0 Å². The van der Waals surface area contributed by atoms with E-state index in [1.54, 1.807) is 6.92 Å². The number of rotatable bonds is 6. The molecule has 0 saturated carbocycles. The second-order valence-corrected chi connectivity index (χ2v) is 6.59. The van der Waals surface area contributed by atoms with E-state index < -0.39 is 15.3 Å². The van der Waals surface area contributed by atoms with E-state index in [9.17, 15) is 9.13 Å². The summed E-state index contributed by atoms with van der Waals surface area (Å²) in [4.78, 5) is 17.7. The molecule has 0 aromatic heterocycles. The fraction of sp³-hybridized carbons (Fsp3) is 0.667.